The van der Waals surface area contributed by atoms with Gasteiger partial charge in [0.15, 0.2) is 0 Å². The van der Waals surface area contributed by atoms with Crippen molar-refractivity contribution in [3.63, 3.8) is 0 Å². The van der Waals surface area contributed by atoms with E-state index in [1.807, 2.05) is 38.1 Å². The first-order chi connectivity index (χ1) is 9.78. The van der Waals surface area contributed by atoms with Crippen LogP contribution in [0.25, 0.3) is 0 Å². The highest BCUT2D eigenvalue weighted by Crippen LogP contribution is 2.42. The van der Waals surface area contributed by atoms with Crippen molar-refractivity contribution in [1.82, 2.24) is 4.72 Å². The van der Waals surface area contributed by atoms with Crippen molar-refractivity contribution in [3.8, 4) is 0 Å². The van der Waals surface area contributed by atoms with Gasteiger partial charge in [-0.05, 0) is 17.5 Å². The normalized spacial score (nSPS) is 24.6. The molecule has 0 aliphatic heterocycles. The SMILES string of the molecule is COC1CC(NS(=O)(=O)Cc2ccc(CN)cc2)C1(C)C. The highest BCUT2D eigenvalue weighted by Gasteiger charge is 2.49. The van der Waals surface area contributed by atoms with Gasteiger partial charge >= 0.3 is 0 Å². The van der Waals surface area contributed by atoms with E-state index in [-0.39, 0.29) is 23.3 Å². The van der Waals surface area contributed by atoms with Gasteiger partial charge < -0.3 is 10.5 Å². The van der Waals surface area contributed by atoms with Gasteiger partial charge in [0.1, 0.15) is 0 Å². The molecular formula is C15H24N2O3S. The molecule has 118 valence electrons. The summed E-state index contributed by atoms with van der Waals surface area (Å²) < 4.78 is 32.7. The Bertz CT molecular complexity index is 581. The second kappa shape index (κ2) is 6.04. The number of hydrogen-bond donors (Lipinski definition) is 2. The van der Waals surface area contributed by atoms with Crippen molar-refractivity contribution in [2.45, 2.75) is 44.7 Å². The van der Waals surface area contributed by atoms with Crippen LogP contribution in [-0.4, -0.2) is 27.7 Å². The fourth-order valence-electron chi connectivity index (χ4n) is 2.73. The highest BCUT2D eigenvalue weighted by atomic mass is 32.2. The summed E-state index contributed by atoms with van der Waals surface area (Å²) in [6.07, 6.45) is 0.823. The number of ether oxygens (including phenoxy) is 1. The molecule has 0 spiro atoms. The first-order valence-corrected chi connectivity index (χ1v) is 8.74. The third kappa shape index (κ3) is 3.63. The Balaban J connectivity index is 1.99. The predicted octanol–water partition coefficient (Wildman–Crippen LogP) is 1.38. The van der Waals surface area contributed by atoms with Crippen molar-refractivity contribution in [1.29, 1.82) is 0 Å². The quantitative estimate of drug-likeness (QED) is 0.831. The minimum absolute atomic E-state index is 0.0118. The predicted molar refractivity (Wildman–Crippen MR) is 83.1 cm³/mol. The van der Waals surface area contributed by atoms with Crippen molar-refractivity contribution in [3.05, 3.63) is 35.4 Å². The fraction of sp³-hybridized carbons (Fsp3) is 0.600. The summed E-state index contributed by atoms with van der Waals surface area (Å²) in [7, 11) is -1.69. The highest BCUT2D eigenvalue weighted by molar-refractivity contribution is 7.88. The Kier molecular flexibility index (Phi) is 4.72. The Morgan fingerprint density at radius 3 is 2.33 bits per heavy atom. The second-order valence-corrected chi connectivity index (χ2v) is 7.99. The lowest BCUT2D eigenvalue weighted by Gasteiger charge is -2.50. The average molecular weight is 312 g/mol. The van der Waals surface area contributed by atoms with Gasteiger partial charge in [-0.3, -0.25) is 0 Å². The smallest absolute Gasteiger partial charge is 0.216 e. The summed E-state index contributed by atoms with van der Waals surface area (Å²) in [5, 5.41) is 0. The van der Waals surface area contributed by atoms with Gasteiger partial charge in [0.05, 0.1) is 11.9 Å². The molecule has 3 N–H and O–H groups in total. The lowest BCUT2D eigenvalue weighted by atomic mass is 9.65. The van der Waals surface area contributed by atoms with E-state index in [1.54, 1.807) is 7.11 Å². The summed E-state index contributed by atoms with van der Waals surface area (Å²) in [5.74, 6) is -0.0118. The molecule has 0 saturated heterocycles. The van der Waals surface area contributed by atoms with Crippen LogP contribution in [0.5, 0.6) is 0 Å². The van der Waals surface area contributed by atoms with Gasteiger partial charge in [-0.1, -0.05) is 38.1 Å². The van der Waals surface area contributed by atoms with Crippen LogP contribution in [0, 0.1) is 5.41 Å². The number of nitrogens with two attached hydrogens (primary N) is 1. The molecule has 21 heavy (non-hydrogen) atoms. The van der Waals surface area contributed by atoms with Crippen LogP contribution in [0.2, 0.25) is 0 Å². The van der Waals surface area contributed by atoms with Crippen molar-refractivity contribution < 1.29 is 13.2 Å². The van der Waals surface area contributed by atoms with Gasteiger partial charge in [0, 0.05) is 25.1 Å². The molecule has 0 amide bonds. The van der Waals surface area contributed by atoms with E-state index in [1.165, 1.54) is 0 Å². The van der Waals surface area contributed by atoms with Crippen molar-refractivity contribution >= 4 is 10.0 Å². The number of methoxy groups -OCH3 is 1. The molecule has 2 rings (SSSR count). The van der Waals surface area contributed by atoms with Gasteiger partial charge in [-0.25, -0.2) is 13.1 Å². The number of nitrogens with one attached hydrogen (secondary N) is 1. The first kappa shape index (κ1) is 16.4. The van der Waals surface area contributed by atoms with Gasteiger partial charge in [0.2, 0.25) is 10.0 Å². The maximum Gasteiger partial charge on any atom is 0.216 e. The molecule has 1 aliphatic carbocycles. The summed E-state index contributed by atoms with van der Waals surface area (Å²) in [5.41, 5.74) is 7.11. The molecule has 0 heterocycles. The third-order valence-corrected chi connectivity index (χ3v) is 5.76. The van der Waals surface area contributed by atoms with Crippen LogP contribution >= 0.6 is 0 Å². The lowest BCUT2D eigenvalue weighted by molar-refractivity contribution is -0.0908. The van der Waals surface area contributed by atoms with Crippen LogP contribution in [0.15, 0.2) is 24.3 Å². The minimum Gasteiger partial charge on any atom is -0.381 e. The number of benzene rings is 1. The van der Waals surface area contributed by atoms with Crippen molar-refractivity contribution in [2.24, 2.45) is 11.1 Å². The Hall–Kier alpha value is -0.950. The molecule has 0 radical (unpaired) electrons. The van der Waals surface area contributed by atoms with Crippen LogP contribution < -0.4 is 10.5 Å². The zero-order valence-electron chi connectivity index (χ0n) is 12.8. The standard InChI is InChI=1S/C15H24N2O3S/c1-15(2)13(8-14(15)20-3)17-21(18,19)10-12-6-4-11(9-16)5-7-12/h4-7,13-14,17H,8-10,16H2,1-3H3. The van der Waals surface area contributed by atoms with Crippen LogP contribution in [0.3, 0.4) is 0 Å². The summed E-state index contributed by atoms with van der Waals surface area (Å²) in [6, 6.07) is 7.27. The number of hydrogen-bond acceptors (Lipinski definition) is 4. The molecule has 0 aromatic heterocycles. The van der Waals surface area contributed by atoms with Crippen LogP contribution in [0.4, 0.5) is 0 Å². The Morgan fingerprint density at radius 1 is 1.29 bits per heavy atom. The van der Waals surface area contributed by atoms with Gasteiger partial charge in [-0.2, -0.15) is 0 Å². The number of sulfonamides is 1. The maximum absolute atomic E-state index is 12.3. The lowest BCUT2D eigenvalue weighted by Crippen LogP contribution is -2.61. The Labute approximate surface area is 126 Å². The molecule has 2 unspecified atom stereocenters. The van der Waals surface area contributed by atoms with E-state index in [0.29, 0.717) is 6.54 Å². The fourth-order valence-corrected chi connectivity index (χ4v) is 4.28. The molecule has 1 fully saturated rings. The second-order valence-electron chi connectivity index (χ2n) is 6.23. The van der Waals surface area contributed by atoms with E-state index in [4.69, 9.17) is 10.5 Å². The van der Waals surface area contributed by atoms with Gasteiger partial charge in [-0.15, -0.1) is 0 Å². The molecule has 1 aliphatic rings. The molecule has 0 bridgehead atoms. The molecule has 1 saturated carbocycles. The number of rotatable bonds is 6. The zero-order chi connectivity index (χ0) is 15.7. The van der Waals surface area contributed by atoms with E-state index in [9.17, 15) is 8.42 Å². The molecular weight excluding hydrogens is 288 g/mol. The van der Waals surface area contributed by atoms with Crippen LogP contribution in [0.1, 0.15) is 31.4 Å². The molecule has 1 aromatic carbocycles. The molecule has 5 nitrogen and oxygen atoms in total. The molecule has 2 atom stereocenters. The van der Waals surface area contributed by atoms with E-state index in [2.05, 4.69) is 4.72 Å². The molecule has 6 heteroatoms. The largest absolute Gasteiger partial charge is 0.381 e. The van der Waals surface area contributed by atoms with Crippen molar-refractivity contribution in [2.75, 3.05) is 7.11 Å². The zero-order valence-corrected chi connectivity index (χ0v) is 13.6. The van der Waals surface area contributed by atoms with E-state index < -0.39 is 10.0 Å². The summed E-state index contributed by atoms with van der Waals surface area (Å²) >= 11 is 0. The summed E-state index contributed by atoms with van der Waals surface area (Å²) in [4.78, 5) is 0. The third-order valence-electron chi connectivity index (χ3n) is 4.40. The van der Waals surface area contributed by atoms with E-state index >= 15 is 0 Å². The maximum atomic E-state index is 12.3. The average Bonchev–Trinajstić information content (AvgIpc) is 2.43. The first-order valence-electron chi connectivity index (χ1n) is 7.09. The van der Waals surface area contributed by atoms with Crippen LogP contribution in [-0.2, 0) is 27.1 Å². The van der Waals surface area contributed by atoms with E-state index in [0.717, 1.165) is 17.5 Å². The Morgan fingerprint density at radius 2 is 1.86 bits per heavy atom. The molecule has 1 aromatic rings. The topological polar surface area (TPSA) is 81.4 Å². The monoisotopic (exact) mass is 312 g/mol. The summed E-state index contributed by atoms with van der Waals surface area (Å²) in [6.45, 7) is 4.50. The minimum atomic E-state index is -3.35. The van der Waals surface area contributed by atoms with Gasteiger partial charge in [0.25, 0.3) is 0 Å².